The van der Waals surface area contributed by atoms with E-state index in [4.69, 9.17) is 0 Å². The van der Waals surface area contributed by atoms with Crippen molar-refractivity contribution in [3.8, 4) is 0 Å². The fraction of sp³-hybridized carbons (Fsp3) is 0.765. The van der Waals surface area contributed by atoms with Gasteiger partial charge in [-0.15, -0.1) is 0 Å². The topological polar surface area (TPSA) is 20.2 Å². The lowest BCUT2D eigenvalue weighted by molar-refractivity contribution is 0.103. The van der Waals surface area contributed by atoms with E-state index in [1.165, 1.54) is 43.7 Å². The molecule has 0 radical (unpaired) electrons. The maximum Gasteiger partial charge on any atom is 0.0337 e. The summed E-state index contributed by atoms with van der Waals surface area (Å²) < 4.78 is 2.57. The highest BCUT2D eigenvalue weighted by Gasteiger charge is 2.31. The number of hydrogen-bond acceptors (Lipinski definition) is 2. The van der Waals surface area contributed by atoms with Crippen molar-refractivity contribution in [2.24, 2.45) is 0 Å². The van der Waals surface area contributed by atoms with Crippen LogP contribution in [-0.2, 0) is 6.42 Å². The summed E-state index contributed by atoms with van der Waals surface area (Å²) in [4.78, 5) is 2.65. The zero-order chi connectivity index (χ0) is 14.3. The van der Waals surface area contributed by atoms with Crippen LogP contribution in [0.5, 0.6) is 0 Å². The van der Waals surface area contributed by atoms with Crippen molar-refractivity contribution in [1.82, 2.24) is 14.8 Å². The third kappa shape index (κ3) is 2.66. The molecular weight excluding hydrogens is 246 g/mol. The monoisotopic (exact) mass is 275 g/mol. The first-order valence-electron chi connectivity index (χ1n) is 8.12. The molecule has 0 unspecified atom stereocenters. The molecule has 0 atom stereocenters. The molecule has 0 bridgehead atoms. The van der Waals surface area contributed by atoms with Crippen LogP contribution in [0, 0.1) is 13.8 Å². The standard InChI is InChI=1S/C17H29N3/c1-13-11-15(14(2)20(13)16-5-6-16)12-17(3,4)19-9-7-18-8-10-19/h11,16,18H,5-10,12H2,1-4H3. The van der Waals surface area contributed by atoms with Gasteiger partial charge < -0.3 is 9.88 Å². The van der Waals surface area contributed by atoms with Gasteiger partial charge in [0.25, 0.3) is 0 Å². The number of aromatic nitrogens is 1. The molecule has 20 heavy (non-hydrogen) atoms. The fourth-order valence-corrected chi connectivity index (χ4v) is 3.77. The molecular formula is C17H29N3. The van der Waals surface area contributed by atoms with Crippen molar-refractivity contribution in [3.63, 3.8) is 0 Å². The van der Waals surface area contributed by atoms with Crippen molar-refractivity contribution in [1.29, 1.82) is 0 Å². The second-order valence-corrected chi connectivity index (χ2v) is 7.22. The first kappa shape index (κ1) is 14.2. The summed E-state index contributed by atoms with van der Waals surface area (Å²) in [6, 6.07) is 3.23. The molecule has 2 fully saturated rings. The highest BCUT2D eigenvalue weighted by molar-refractivity contribution is 5.30. The Labute approximate surface area is 123 Å². The van der Waals surface area contributed by atoms with Crippen LogP contribution in [0.4, 0.5) is 0 Å². The average molecular weight is 275 g/mol. The van der Waals surface area contributed by atoms with Crippen molar-refractivity contribution in [2.45, 2.75) is 58.5 Å². The molecule has 1 saturated carbocycles. The van der Waals surface area contributed by atoms with Crippen molar-refractivity contribution in [2.75, 3.05) is 26.2 Å². The normalized spacial score (nSPS) is 21.4. The zero-order valence-corrected chi connectivity index (χ0v) is 13.5. The van der Waals surface area contributed by atoms with E-state index in [1.54, 1.807) is 5.56 Å². The van der Waals surface area contributed by atoms with E-state index in [0.717, 1.165) is 19.1 Å². The summed E-state index contributed by atoms with van der Waals surface area (Å²) in [5, 5.41) is 3.45. The molecule has 3 nitrogen and oxygen atoms in total. The van der Waals surface area contributed by atoms with Crippen LogP contribution in [0.25, 0.3) is 0 Å². The average Bonchev–Trinajstić information content (AvgIpc) is 3.19. The van der Waals surface area contributed by atoms with Gasteiger partial charge in [-0.3, -0.25) is 4.90 Å². The molecule has 1 saturated heterocycles. The van der Waals surface area contributed by atoms with E-state index in [2.05, 4.69) is 48.5 Å². The minimum absolute atomic E-state index is 0.259. The number of aryl methyl sites for hydroxylation is 1. The summed E-state index contributed by atoms with van der Waals surface area (Å²) in [5.74, 6) is 0. The predicted molar refractivity (Wildman–Crippen MR) is 84.4 cm³/mol. The Morgan fingerprint density at radius 2 is 1.85 bits per heavy atom. The molecule has 112 valence electrons. The maximum atomic E-state index is 3.45. The highest BCUT2D eigenvalue weighted by Crippen LogP contribution is 2.39. The number of piperazine rings is 1. The van der Waals surface area contributed by atoms with Crippen LogP contribution in [-0.4, -0.2) is 41.2 Å². The third-order valence-electron chi connectivity index (χ3n) is 5.10. The van der Waals surface area contributed by atoms with Gasteiger partial charge in [0.05, 0.1) is 0 Å². The molecule has 1 aliphatic carbocycles. The van der Waals surface area contributed by atoms with Crippen LogP contribution in [0.3, 0.4) is 0 Å². The second kappa shape index (κ2) is 5.19. The first-order valence-corrected chi connectivity index (χ1v) is 8.12. The molecule has 3 rings (SSSR count). The Hall–Kier alpha value is -0.800. The first-order chi connectivity index (χ1) is 9.49. The van der Waals surface area contributed by atoms with Crippen LogP contribution < -0.4 is 5.32 Å². The minimum atomic E-state index is 0.259. The predicted octanol–water partition coefficient (Wildman–Crippen LogP) is 2.67. The lowest BCUT2D eigenvalue weighted by Crippen LogP contribution is -2.54. The quantitative estimate of drug-likeness (QED) is 0.911. The minimum Gasteiger partial charge on any atom is -0.346 e. The number of nitrogens with one attached hydrogen (secondary N) is 1. The summed E-state index contributed by atoms with van der Waals surface area (Å²) in [6.07, 6.45) is 3.91. The number of rotatable bonds is 4. The smallest absolute Gasteiger partial charge is 0.0337 e. The van der Waals surface area contributed by atoms with Crippen molar-refractivity contribution >= 4 is 0 Å². The Kier molecular flexibility index (Phi) is 3.67. The van der Waals surface area contributed by atoms with E-state index in [0.29, 0.717) is 0 Å². The summed E-state index contributed by atoms with van der Waals surface area (Å²) in [5.41, 5.74) is 4.77. The Balaban J connectivity index is 1.77. The number of nitrogens with zero attached hydrogens (tertiary/aromatic N) is 2. The third-order valence-corrected chi connectivity index (χ3v) is 5.10. The molecule has 1 aromatic rings. The number of hydrogen-bond donors (Lipinski definition) is 1. The molecule has 0 spiro atoms. The van der Waals surface area contributed by atoms with Crippen LogP contribution in [0.15, 0.2) is 6.07 Å². The van der Waals surface area contributed by atoms with Crippen LogP contribution in [0.1, 0.15) is 49.7 Å². The molecule has 1 N–H and O–H groups in total. The van der Waals surface area contributed by atoms with Crippen molar-refractivity contribution in [3.05, 3.63) is 23.0 Å². The SMILES string of the molecule is Cc1cc(CC(C)(C)N2CCNCC2)c(C)n1C1CC1. The van der Waals surface area contributed by atoms with Gasteiger partial charge in [-0.05, 0) is 58.6 Å². The molecule has 2 aliphatic rings. The van der Waals surface area contributed by atoms with Gasteiger partial charge in [-0.1, -0.05) is 0 Å². The van der Waals surface area contributed by atoms with Gasteiger partial charge in [0.2, 0.25) is 0 Å². The van der Waals surface area contributed by atoms with E-state index >= 15 is 0 Å². The Morgan fingerprint density at radius 3 is 2.45 bits per heavy atom. The second-order valence-electron chi connectivity index (χ2n) is 7.22. The van der Waals surface area contributed by atoms with Gasteiger partial charge in [0, 0.05) is 49.1 Å². The molecule has 2 heterocycles. The summed E-state index contributed by atoms with van der Waals surface area (Å²) >= 11 is 0. The van der Waals surface area contributed by atoms with E-state index in [-0.39, 0.29) is 5.54 Å². The van der Waals surface area contributed by atoms with Gasteiger partial charge in [0.1, 0.15) is 0 Å². The van der Waals surface area contributed by atoms with E-state index in [1.807, 2.05) is 0 Å². The Morgan fingerprint density at radius 1 is 1.20 bits per heavy atom. The summed E-state index contributed by atoms with van der Waals surface area (Å²) in [6.45, 7) is 14.0. The lowest BCUT2D eigenvalue weighted by Gasteiger charge is -2.41. The van der Waals surface area contributed by atoms with Gasteiger partial charge in [-0.25, -0.2) is 0 Å². The zero-order valence-electron chi connectivity index (χ0n) is 13.5. The highest BCUT2D eigenvalue weighted by atomic mass is 15.2. The lowest BCUT2D eigenvalue weighted by atomic mass is 9.92. The van der Waals surface area contributed by atoms with Crippen LogP contribution in [0.2, 0.25) is 0 Å². The molecule has 3 heteroatoms. The molecule has 1 aromatic heterocycles. The van der Waals surface area contributed by atoms with E-state index < -0.39 is 0 Å². The largest absolute Gasteiger partial charge is 0.346 e. The summed E-state index contributed by atoms with van der Waals surface area (Å²) in [7, 11) is 0. The fourth-order valence-electron chi connectivity index (χ4n) is 3.77. The van der Waals surface area contributed by atoms with Crippen LogP contribution >= 0.6 is 0 Å². The molecule has 0 aromatic carbocycles. The maximum absolute atomic E-state index is 3.45. The Bertz CT molecular complexity index is 477. The van der Waals surface area contributed by atoms with Crippen molar-refractivity contribution < 1.29 is 0 Å². The molecule has 1 aliphatic heterocycles. The van der Waals surface area contributed by atoms with Gasteiger partial charge >= 0.3 is 0 Å². The molecule has 0 amide bonds. The van der Waals surface area contributed by atoms with Gasteiger partial charge in [-0.2, -0.15) is 0 Å². The van der Waals surface area contributed by atoms with Gasteiger partial charge in [0.15, 0.2) is 0 Å². The van der Waals surface area contributed by atoms with E-state index in [9.17, 15) is 0 Å².